The van der Waals surface area contributed by atoms with Crippen LogP contribution in [-0.4, -0.2) is 38.0 Å². The van der Waals surface area contributed by atoms with Gasteiger partial charge in [0.25, 0.3) is 5.91 Å². The number of ether oxygens (including phenoxy) is 2. The molecule has 3 aromatic rings. The van der Waals surface area contributed by atoms with Gasteiger partial charge in [0.2, 0.25) is 5.91 Å². The average Bonchev–Trinajstić information content (AvgIpc) is 2.81. The zero-order valence-corrected chi connectivity index (χ0v) is 18.7. The Hall–Kier alpha value is -3.51. The van der Waals surface area contributed by atoms with E-state index >= 15 is 0 Å². The molecule has 0 radical (unpaired) electrons. The molecule has 2 atom stereocenters. The van der Waals surface area contributed by atoms with E-state index in [9.17, 15) is 9.59 Å². The van der Waals surface area contributed by atoms with Gasteiger partial charge in [0.15, 0.2) is 0 Å². The van der Waals surface area contributed by atoms with Gasteiger partial charge in [-0.1, -0.05) is 41.9 Å². The first-order valence-corrected chi connectivity index (χ1v) is 10.5. The summed E-state index contributed by atoms with van der Waals surface area (Å²) in [6.45, 7) is 0. The number of nitrogens with zero attached hydrogens (tertiary/aromatic N) is 1. The molecule has 7 heteroatoms. The highest BCUT2D eigenvalue weighted by molar-refractivity contribution is 6.31. The molecule has 2 amide bonds. The Balaban J connectivity index is 1.80. The predicted octanol–water partition coefficient (Wildman–Crippen LogP) is 4.91. The number of halogens is 1. The molecule has 0 aliphatic carbocycles. The lowest BCUT2D eigenvalue weighted by Crippen LogP contribution is -2.44. The first-order chi connectivity index (χ1) is 15.4. The van der Waals surface area contributed by atoms with Crippen LogP contribution in [0.2, 0.25) is 5.02 Å². The normalized spacial score (nSPS) is 17.5. The highest BCUT2D eigenvalue weighted by Gasteiger charge is 2.42. The Morgan fingerprint density at radius 3 is 2.41 bits per heavy atom. The van der Waals surface area contributed by atoms with Crippen LogP contribution in [0.25, 0.3) is 0 Å². The summed E-state index contributed by atoms with van der Waals surface area (Å²) in [7, 11) is 4.84. The van der Waals surface area contributed by atoms with Crippen molar-refractivity contribution in [1.82, 2.24) is 4.90 Å². The zero-order valence-electron chi connectivity index (χ0n) is 18.0. The lowest BCUT2D eigenvalue weighted by molar-refractivity contribution is -0.119. The van der Waals surface area contributed by atoms with Gasteiger partial charge in [-0.25, -0.2) is 0 Å². The second-order valence-electron chi connectivity index (χ2n) is 7.53. The average molecular weight is 451 g/mol. The minimum Gasteiger partial charge on any atom is -0.497 e. The minimum absolute atomic E-state index is 0.134. The number of rotatable bonds is 5. The number of anilines is 1. The molecule has 1 N–H and O–H groups in total. The van der Waals surface area contributed by atoms with Crippen LogP contribution in [0, 0.1) is 0 Å². The predicted molar refractivity (Wildman–Crippen MR) is 124 cm³/mol. The molecule has 32 heavy (non-hydrogen) atoms. The van der Waals surface area contributed by atoms with Gasteiger partial charge in [-0.15, -0.1) is 0 Å². The van der Waals surface area contributed by atoms with Crippen molar-refractivity contribution < 1.29 is 19.1 Å². The van der Waals surface area contributed by atoms with E-state index < -0.39 is 12.0 Å². The van der Waals surface area contributed by atoms with Crippen LogP contribution in [0.1, 0.15) is 33.4 Å². The molecule has 0 saturated carbocycles. The molecular formula is C25H23ClN2O4. The summed E-state index contributed by atoms with van der Waals surface area (Å²) >= 11 is 6.15. The van der Waals surface area contributed by atoms with Crippen LogP contribution in [-0.2, 0) is 4.79 Å². The molecule has 0 spiro atoms. The van der Waals surface area contributed by atoms with Crippen LogP contribution in [0.3, 0.4) is 0 Å². The number of hydrogen-bond acceptors (Lipinski definition) is 4. The first-order valence-electron chi connectivity index (χ1n) is 10.1. The third kappa shape index (κ3) is 3.89. The Labute approximate surface area is 191 Å². The van der Waals surface area contributed by atoms with E-state index in [2.05, 4.69) is 5.32 Å². The quantitative estimate of drug-likeness (QED) is 0.600. The monoisotopic (exact) mass is 450 g/mol. The van der Waals surface area contributed by atoms with Crippen molar-refractivity contribution in [2.45, 2.75) is 12.0 Å². The molecule has 6 nitrogen and oxygen atoms in total. The maximum absolute atomic E-state index is 13.7. The van der Waals surface area contributed by atoms with Gasteiger partial charge in [-0.2, -0.15) is 0 Å². The van der Waals surface area contributed by atoms with Crippen molar-refractivity contribution in [2.75, 3.05) is 26.6 Å². The summed E-state index contributed by atoms with van der Waals surface area (Å²) in [5, 5.41) is 3.44. The number of fused-ring (bicyclic) bond motifs is 1. The van der Waals surface area contributed by atoms with E-state index in [-0.39, 0.29) is 11.8 Å². The van der Waals surface area contributed by atoms with Crippen molar-refractivity contribution in [2.24, 2.45) is 0 Å². The number of nitrogens with one attached hydrogen (secondary N) is 1. The van der Waals surface area contributed by atoms with Crippen molar-refractivity contribution in [3.05, 3.63) is 88.4 Å². The second-order valence-corrected chi connectivity index (χ2v) is 7.97. The molecule has 3 aromatic carbocycles. The van der Waals surface area contributed by atoms with Crippen LogP contribution >= 0.6 is 11.6 Å². The number of carbonyl (C=O) groups is 2. The molecule has 0 saturated heterocycles. The fourth-order valence-corrected chi connectivity index (χ4v) is 4.34. The second kappa shape index (κ2) is 8.93. The third-order valence-electron chi connectivity index (χ3n) is 5.74. The highest BCUT2D eigenvalue weighted by atomic mass is 35.5. The van der Waals surface area contributed by atoms with E-state index in [0.29, 0.717) is 33.3 Å². The number of likely N-dealkylation sites (N-methyl/N-ethyl adjacent to an activating group) is 1. The Kier molecular flexibility index (Phi) is 6.06. The lowest BCUT2D eigenvalue weighted by Gasteiger charge is -2.39. The summed E-state index contributed by atoms with van der Waals surface area (Å²) in [4.78, 5) is 28.4. The summed E-state index contributed by atoms with van der Waals surface area (Å²) in [5.41, 5.74) is 2.48. The molecule has 0 aromatic heterocycles. The Bertz CT molecular complexity index is 1160. The SMILES string of the molecule is COc1ccc([C@@H]2[C@@H](C(=O)Nc3cc(Cl)ccc3OC)c3ccccc3C(=O)N2C)cc1. The molecule has 0 bridgehead atoms. The molecular weight excluding hydrogens is 428 g/mol. The summed E-state index contributed by atoms with van der Waals surface area (Å²) < 4.78 is 10.6. The van der Waals surface area contributed by atoms with Gasteiger partial charge in [0, 0.05) is 17.6 Å². The van der Waals surface area contributed by atoms with Crippen LogP contribution in [0.15, 0.2) is 66.7 Å². The fourth-order valence-electron chi connectivity index (χ4n) is 4.16. The van der Waals surface area contributed by atoms with Gasteiger partial charge in [-0.05, 0) is 47.5 Å². The topological polar surface area (TPSA) is 67.9 Å². The van der Waals surface area contributed by atoms with Crippen molar-refractivity contribution in [1.29, 1.82) is 0 Å². The van der Waals surface area contributed by atoms with Gasteiger partial charge in [0.1, 0.15) is 11.5 Å². The fraction of sp³-hybridized carbons (Fsp3) is 0.200. The molecule has 4 rings (SSSR count). The largest absolute Gasteiger partial charge is 0.497 e. The summed E-state index contributed by atoms with van der Waals surface area (Å²) in [6.07, 6.45) is 0. The van der Waals surface area contributed by atoms with E-state index in [1.54, 1.807) is 49.4 Å². The van der Waals surface area contributed by atoms with E-state index in [4.69, 9.17) is 21.1 Å². The highest BCUT2D eigenvalue weighted by Crippen LogP contribution is 2.43. The molecule has 0 fully saturated rings. The number of amides is 2. The van der Waals surface area contributed by atoms with Gasteiger partial charge in [0.05, 0.1) is 31.9 Å². The Morgan fingerprint density at radius 2 is 1.72 bits per heavy atom. The maximum Gasteiger partial charge on any atom is 0.254 e. The van der Waals surface area contributed by atoms with Crippen LogP contribution < -0.4 is 14.8 Å². The summed E-state index contributed by atoms with van der Waals surface area (Å²) in [5.74, 6) is 0.149. The Morgan fingerprint density at radius 1 is 1.00 bits per heavy atom. The van der Waals surface area contributed by atoms with Crippen molar-refractivity contribution >= 4 is 29.1 Å². The molecule has 1 aliphatic rings. The van der Waals surface area contributed by atoms with E-state index in [1.807, 2.05) is 36.4 Å². The minimum atomic E-state index is -0.647. The number of benzene rings is 3. The number of hydrogen-bond donors (Lipinski definition) is 1. The molecule has 1 heterocycles. The third-order valence-corrected chi connectivity index (χ3v) is 5.97. The van der Waals surface area contributed by atoms with Crippen LogP contribution in [0.4, 0.5) is 5.69 Å². The van der Waals surface area contributed by atoms with Crippen LogP contribution in [0.5, 0.6) is 11.5 Å². The van der Waals surface area contributed by atoms with Crippen molar-refractivity contribution in [3.63, 3.8) is 0 Å². The van der Waals surface area contributed by atoms with Gasteiger partial charge < -0.3 is 19.7 Å². The molecule has 0 unspecified atom stereocenters. The zero-order chi connectivity index (χ0) is 22.8. The number of carbonyl (C=O) groups excluding carboxylic acids is 2. The smallest absolute Gasteiger partial charge is 0.254 e. The maximum atomic E-state index is 13.7. The van der Waals surface area contributed by atoms with E-state index in [1.165, 1.54) is 7.11 Å². The van der Waals surface area contributed by atoms with Gasteiger partial charge in [-0.3, -0.25) is 9.59 Å². The van der Waals surface area contributed by atoms with Crippen molar-refractivity contribution in [3.8, 4) is 11.5 Å². The number of methoxy groups -OCH3 is 2. The first kappa shape index (κ1) is 21.7. The molecule has 164 valence electrons. The summed E-state index contributed by atoms with van der Waals surface area (Å²) in [6, 6.07) is 19.1. The standard InChI is InChI=1S/C25H23ClN2O4/c1-28-23(15-8-11-17(31-2)12-9-15)22(18-6-4-5-7-19(18)25(28)30)24(29)27-20-14-16(26)10-13-21(20)32-3/h4-14,22-23H,1-3H3,(H,27,29)/t22-,23+/m0/s1. The lowest BCUT2D eigenvalue weighted by atomic mass is 9.79. The molecule has 1 aliphatic heterocycles. The van der Waals surface area contributed by atoms with Gasteiger partial charge >= 0.3 is 0 Å². The van der Waals surface area contributed by atoms with E-state index in [0.717, 1.165) is 5.56 Å².